The first-order valence-electron chi connectivity index (χ1n) is 9.75. The Morgan fingerprint density at radius 2 is 1.83 bits per heavy atom. The lowest BCUT2D eigenvalue weighted by Crippen LogP contribution is -2.40. The topological polar surface area (TPSA) is 55.8 Å². The molecule has 6 heteroatoms. The first kappa shape index (κ1) is 22.4. The van der Waals surface area contributed by atoms with E-state index < -0.39 is 25.9 Å². The van der Waals surface area contributed by atoms with E-state index in [0.29, 0.717) is 10.5 Å². The van der Waals surface area contributed by atoms with Gasteiger partial charge in [-0.2, -0.15) is 0 Å². The first-order chi connectivity index (χ1) is 14.1. The summed E-state index contributed by atoms with van der Waals surface area (Å²) in [4.78, 5) is 14.1. The third kappa shape index (κ3) is 6.35. The number of carbonyl (C=O) groups is 1. The Morgan fingerprint density at radius 3 is 2.47 bits per heavy atom. The summed E-state index contributed by atoms with van der Waals surface area (Å²) >= 11 is 1.40. The van der Waals surface area contributed by atoms with Crippen molar-refractivity contribution in [2.45, 2.75) is 43.4 Å². The fourth-order valence-corrected chi connectivity index (χ4v) is 4.25. The lowest BCUT2D eigenvalue weighted by Gasteiger charge is -2.31. The average Bonchev–Trinajstić information content (AvgIpc) is 2.71. The van der Waals surface area contributed by atoms with E-state index in [-0.39, 0.29) is 6.61 Å². The van der Waals surface area contributed by atoms with Crippen molar-refractivity contribution in [3.63, 3.8) is 0 Å². The van der Waals surface area contributed by atoms with E-state index in [1.807, 2.05) is 37.3 Å². The summed E-state index contributed by atoms with van der Waals surface area (Å²) in [5.41, 5.74) is 3.38. The van der Waals surface area contributed by atoms with Crippen LogP contribution in [-0.2, 0) is 9.47 Å². The Kier molecular flexibility index (Phi) is 6.89. The van der Waals surface area contributed by atoms with E-state index in [1.165, 1.54) is 11.8 Å². The highest BCUT2D eigenvalue weighted by atomic mass is 32.2. The van der Waals surface area contributed by atoms with E-state index >= 15 is 0 Å². The SMILES string of the molecule is Cc1ccc(SC2=C[C@@](O)(C#C[Si](C)(C)C)CO[C@H]2OC(=O)c2ccccc2)cc1. The molecule has 30 heavy (non-hydrogen) atoms. The minimum atomic E-state index is -1.68. The Bertz CT molecular complexity index is 984. The molecule has 0 amide bonds. The minimum Gasteiger partial charge on any atom is -0.427 e. The smallest absolute Gasteiger partial charge is 0.340 e. The van der Waals surface area contributed by atoms with Crippen LogP contribution in [0.25, 0.3) is 0 Å². The molecule has 1 aliphatic rings. The normalized spacial score (nSPS) is 21.2. The summed E-state index contributed by atoms with van der Waals surface area (Å²) in [5, 5.41) is 11.0. The zero-order chi connectivity index (χ0) is 21.8. The first-order valence-corrected chi connectivity index (χ1v) is 14.1. The van der Waals surface area contributed by atoms with Gasteiger partial charge < -0.3 is 14.6 Å². The van der Waals surface area contributed by atoms with Gasteiger partial charge in [-0.3, -0.25) is 0 Å². The second kappa shape index (κ2) is 9.23. The quantitative estimate of drug-likeness (QED) is 0.422. The molecule has 0 saturated carbocycles. The van der Waals surface area contributed by atoms with Crippen LogP contribution in [0.2, 0.25) is 19.6 Å². The van der Waals surface area contributed by atoms with Gasteiger partial charge in [-0.25, -0.2) is 4.79 Å². The second-order valence-corrected chi connectivity index (χ2v) is 14.2. The lowest BCUT2D eigenvalue weighted by molar-refractivity contribution is -0.119. The van der Waals surface area contributed by atoms with Gasteiger partial charge in [0.15, 0.2) is 5.60 Å². The number of ether oxygens (including phenoxy) is 2. The van der Waals surface area contributed by atoms with E-state index in [4.69, 9.17) is 9.47 Å². The second-order valence-electron chi connectivity index (χ2n) is 8.30. The van der Waals surface area contributed by atoms with Crippen molar-refractivity contribution < 1.29 is 19.4 Å². The summed E-state index contributed by atoms with van der Waals surface area (Å²) in [6.45, 7) is 8.30. The molecule has 0 unspecified atom stereocenters. The van der Waals surface area contributed by atoms with E-state index in [0.717, 1.165) is 10.5 Å². The molecule has 2 atom stereocenters. The summed E-state index contributed by atoms with van der Waals surface area (Å²) in [7, 11) is -1.68. The zero-order valence-electron chi connectivity index (χ0n) is 17.6. The summed E-state index contributed by atoms with van der Waals surface area (Å²) in [5.74, 6) is 2.50. The van der Waals surface area contributed by atoms with Gasteiger partial charge in [0.2, 0.25) is 6.29 Å². The number of esters is 1. The number of rotatable bonds is 4. The highest BCUT2D eigenvalue weighted by Crippen LogP contribution is 2.36. The molecule has 0 aromatic heterocycles. The Labute approximate surface area is 183 Å². The standard InChI is InChI=1S/C24H26O4SSi/c1-18-10-12-20(13-11-18)29-21-16-24(26,14-15-30(2,3)4)17-27-23(21)28-22(25)19-8-6-5-7-9-19/h5-13,16,23,26H,17H2,1-4H3/t23-,24-/m0/s1. The van der Waals surface area contributed by atoms with Crippen molar-refractivity contribution in [2.75, 3.05) is 6.61 Å². The van der Waals surface area contributed by atoms with Crippen LogP contribution in [0.4, 0.5) is 0 Å². The molecule has 1 N–H and O–H groups in total. The highest BCUT2D eigenvalue weighted by Gasteiger charge is 2.35. The third-order valence-corrected chi connectivity index (χ3v) is 6.13. The largest absolute Gasteiger partial charge is 0.427 e. The Hall–Kier alpha value is -2.30. The van der Waals surface area contributed by atoms with E-state index in [9.17, 15) is 9.90 Å². The fraction of sp³-hybridized carbons (Fsp3) is 0.292. The number of benzene rings is 2. The molecule has 0 aliphatic carbocycles. The molecule has 2 aromatic carbocycles. The molecule has 0 saturated heterocycles. The highest BCUT2D eigenvalue weighted by molar-refractivity contribution is 8.03. The summed E-state index contributed by atoms with van der Waals surface area (Å²) < 4.78 is 11.4. The maximum absolute atomic E-state index is 12.6. The van der Waals surface area contributed by atoms with E-state index in [1.54, 1.807) is 30.3 Å². The third-order valence-electron chi connectivity index (χ3n) is 4.20. The monoisotopic (exact) mass is 438 g/mol. The van der Waals surface area contributed by atoms with Gasteiger partial charge in [-0.05, 0) is 37.3 Å². The molecule has 0 bridgehead atoms. The van der Waals surface area contributed by atoms with Crippen LogP contribution >= 0.6 is 11.8 Å². The van der Waals surface area contributed by atoms with Crippen LogP contribution in [0, 0.1) is 18.4 Å². The van der Waals surface area contributed by atoms with Crippen LogP contribution in [0.15, 0.2) is 70.5 Å². The molecular formula is C24H26O4SSi. The van der Waals surface area contributed by atoms with Gasteiger partial charge in [0, 0.05) is 4.90 Å². The van der Waals surface area contributed by atoms with Crippen molar-refractivity contribution in [3.8, 4) is 11.5 Å². The van der Waals surface area contributed by atoms with Gasteiger partial charge in [-0.15, -0.1) is 5.54 Å². The van der Waals surface area contributed by atoms with Gasteiger partial charge in [0.05, 0.1) is 17.1 Å². The molecule has 0 spiro atoms. The molecule has 156 valence electrons. The molecule has 4 nitrogen and oxygen atoms in total. The predicted octanol–water partition coefficient (Wildman–Crippen LogP) is 4.80. The molecule has 1 aliphatic heterocycles. The van der Waals surface area contributed by atoms with Crippen LogP contribution < -0.4 is 0 Å². The van der Waals surface area contributed by atoms with Crippen molar-refractivity contribution in [1.29, 1.82) is 0 Å². The van der Waals surface area contributed by atoms with Gasteiger partial charge in [0.25, 0.3) is 0 Å². The molecule has 0 radical (unpaired) electrons. The van der Waals surface area contributed by atoms with Crippen LogP contribution in [0.1, 0.15) is 15.9 Å². The van der Waals surface area contributed by atoms with Crippen molar-refractivity contribution in [3.05, 3.63) is 76.7 Å². The lowest BCUT2D eigenvalue weighted by atomic mass is 10.0. The number of aryl methyl sites for hydroxylation is 1. The number of thioether (sulfide) groups is 1. The molecule has 2 aromatic rings. The van der Waals surface area contributed by atoms with Gasteiger partial charge >= 0.3 is 5.97 Å². The average molecular weight is 439 g/mol. The maximum Gasteiger partial charge on any atom is 0.340 e. The van der Waals surface area contributed by atoms with Gasteiger partial charge in [-0.1, -0.05) is 73.2 Å². The number of carbonyl (C=O) groups excluding carboxylic acids is 1. The fourth-order valence-electron chi connectivity index (χ4n) is 2.65. The minimum absolute atomic E-state index is 0.0603. The Morgan fingerprint density at radius 1 is 1.17 bits per heavy atom. The number of aliphatic hydroxyl groups is 1. The van der Waals surface area contributed by atoms with Crippen LogP contribution in [0.3, 0.4) is 0 Å². The van der Waals surface area contributed by atoms with Crippen molar-refractivity contribution in [2.24, 2.45) is 0 Å². The van der Waals surface area contributed by atoms with Crippen LogP contribution in [0.5, 0.6) is 0 Å². The summed E-state index contributed by atoms with van der Waals surface area (Å²) in [6, 6.07) is 16.8. The van der Waals surface area contributed by atoms with Crippen molar-refractivity contribution in [1.82, 2.24) is 0 Å². The van der Waals surface area contributed by atoms with E-state index in [2.05, 4.69) is 31.1 Å². The molecule has 1 heterocycles. The zero-order valence-corrected chi connectivity index (χ0v) is 19.5. The number of hydrogen-bond donors (Lipinski definition) is 1. The molecular weight excluding hydrogens is 412 g/mol. The van der Waals surface area contributed by atoms with Gasteiger partial charge in [0.1, 0.15) is 8.07 Å². The number of hydrogen-bond acceptors (Lipinski definition) is 5. The molecule has 3 rings (SSSR count). The summed E-state index contributed by atoms with van der Waals surface area (Å²) in [6.07, 6.45) is 0.759. The van der Waals surface area contributed by atoms with Crippen LogP contribution in [-0.4, -0.2) is 37.6 Å². The Balaban J connectivity index is 1.89. The molecule has 0 fully saturated rings. The van der Waals surface area contributed by atoms with Crippen molar-refractivity contribution >= 4 is 25.8 Å². The predicted molar refractivity (Wildman–Crippen MR) is 123 cm³/mol. The maximum atomic E-state index is 12.6.